The summed E-state index contributed by atoms with van der Waals surface area (Å²) in [5.74, 6) is 2.63. The van der Waals surface area contributed by atoms with E-state index in [-0.39, 0.29) is 0 Å². The molecule has 3 aromatic carbocycles. The summed E-state index contributed by atoms with van der Waals surface area (Å²) >= 11 is 0. The van der Waals surface area contributed by atoms with E-state index in [4.69, 9.17) is 19.5 Å². The fourth-order valence-electron chi connectivity index (χ4n) is 4.61. The second-order valence-corrected chi connectivity index (χ2v) is 10.4. The Bertz CT molecular complexity index is 1410. The van der Waals surface area contributed by atoms with Gasteiger partial charge in [-0.05, 0) is 82.5 Å². The summed E-state index contributed by atoms with van der Waals surface area (Å²) in [6, 6.07) is 20.7. The SMILES string of the molecule is CN(C)CCCOc1ccc2c(c1)CC(c1ccc(-c3nc4ccc(OCCCN(C)C)cc4[nH]3)cc1)=N2. The molecule has 4 aromatic rings. The van der Waals surface area contributed by atoms with Crippen molar-refractivity contribution < 1.29 is 9.47 Å². The third-order valence-corrected chi connectivity index (χ3v) is 6.65. The van der Waals surface area contributed by atoms with Crippen LogP contribution in [0.4, 0.5) is 5.69 Å². The minimum atomic E-state index is 0.699. The lowest BCUT2D eigenvalue weighted by molar-refractivity contribution is 0.281. The van der Waals surface area contributed by atoms with Gasteiger partial charge >= 0.3 is 0 Å². The van der Waals surface area contributed by atoms with E-state index in [2.05, 4.69) is 79.4 Å². The first-order valence-electron chi connectivity index (χ1n) is 13.3. The zero-order chi connectivity index (χ0) is 26.5. The van der Waals surface area contributed by atoms with Crippen molar-refractivity contribution in [2.24, 2.45) is 4.99 Å². The first kappa shape index (κ1) is 25.9. The molecule has 1 aliphatic heterocycles. The maximum atomic E-state index is 5.95. The van der Waals surface area contributed by atoms with Crippen molar-refractivity contribution in [3.05, 3.63) is 71.8 Å². The van der Waals surface area contributed by atoms with Gasteiger partial charge in [0.15, 0.2) is 0 Å². The number of hydrogen-bond acceptors (Lipinski definition) is 6. The highest BCUT2D eigenvalue weighted by Gasteiger charge is 2.17. The number of aliphatic imine (C=N–C) groups is 1. The van der Waals surface area contributed by atoms with E-state index in [1.165, 1.54) is 5.56 Å². The van der Waals surface area contributed by atoms with Crippen LogP contribution >= 0.6 is 0 Å². The predicted octanol–water partition coefficient (Wildman–Crippen LogP) is 5.57. The lowest BCUT2D eigenvalue weighted by Crippen LogP contribution is -2.15. The van der Waals surface area contributed by atoms with Gasteiger partial charge in [0.1, 0.15) is 17.3 Å². The molecule has 7 nitrogen and oxygen atoms in total. The van der Waals surface area contributed by atoms with E-state index in [0.717, 1.165) is 89.8 Å². The molecule has 0 saturated heterocycles. The van der Waals surface area contributed by atoms with Gasteiger partial charge in [-0.15, -0.1) is 0 Å². The number of aromatic nitrogens is 2. The molecule has 0 saturated carbocycles. The molecule has 5 rings (SSSR count). The second kappa shape index (κ2) is 11.8. The number of nitrogens with zero attached hydrogens (tertiary/aromatic N) is 4. The van der Waals surface area contributed by atoms with Crippen LogP contribution in [-0.2, 0) is 6.42 Å². The maximum Gasteiger partial charge on any atom is 0.138 e. The Morgan fingerprint density at radius 3 is 2.08 bits per heavy atom. The van der Waals surface area contributed by atoms with Crippen LogP contribution in [0.2, 0.25) is 0 Å². The van der Waals surface area contributed by atoms with Crippen molar-refractivity contribution in [2.45, 2.75) is 19.3 Å². The molecule has 0 bridgehead atoms. The van der Waals surface area contributed by atoms with Crippen molar-refractivity contribution in [3.8, 4) is 22.9 Å². The van der Waals surface area contributed by atoms with E-state index in [1.54, 1.807) is 0 Å². The summed E-state index contributed by atoms with van der Waals surface area (Å²) < 4.78 is 11.9. The summed E-state index contributed by atoms with van der Waals surface area (Å²) in [6.07, 6.45) is 2.81. The first-order valence-corrected chi connectivity index (χ1v) is 13.3. The Morgan fingerprint density at radius 2 is 1.39 bits per heavy atom. The first-order chi connectivity index (χ1) is 18.4. The number of rotatable bonds is 12. The van der Waals surface area contributed by atoms with Crippen molar-refractivity contribution >= 4 is 22.4 Å². The van der Waals surface area contributed by atoms with Gasteiger partial charge in [0, 0.05) is 31.1 Å². The van der Waals surface area contributed by atoms with Crippen molar-refractivity contribution in [2.75, 3.05) is 54.5 Å². The average Bonchev–Trinajstić information content (AvgIpc) is 3.53. The Hall–Kier alpha value is -3.68. The Kier molecular flexibility index (Phi) is 8.05. The molecular formula is C31H37N5O2. The molecule has 7 heteroatoms. The highest BCUT2D eigenvalue weighted by atomic mass is 16.5. The van der Waals surface area contributed by atoms with Gasteiger partial charge < -0.3 is 24.3 Å². The van der Waals surface area contributed by atoms with Crippen molar-refractivity contribution in [1.82, 2.24) is 19.8 Å². The molecule has 1 aromatic heterocycles. The van der Waals surface area contributed by atoms with Gasteiger partial charge in [-0.2, -0.15) is 0 Å². The zero-order valence-corrected chi connectivity index (χ0v) is 22.8. The highest BCUT2D eigenvalue weighted by molar-refractivity contribution is 6.06. The third kappa shape index (κ3) is 6.41. The van der Waals surface area contributed by atoms with Gasteiger partial charge in [0.25, 0.3) is 0 Å². The predicted molar refractivity (Wildman–Crippen MR) is 155 cm³/mol. The molecule has 0 unspecified atom stereocenters. The van der Waals surface area contributed by atoms with Gasteiger partial charge in [-0.3, -0.25) is 4.99 Å². The quantitative estimate of drug-likeness (QED) is 0.252. The number of benzene rings is 3. The summed E-state index contributed by atoms with van der Waals surface area (Å²) in [5, 5.41) is 0. The lowest BCUT2D eigenvalue weighted by atomic mass is 10.0. The smallest absolute Gasteiger partial charge is 0.138 e. The normalized spacial score (nSPS) is 12.8. The number of aromatic amines is 1. The van der Waals surface area contributed by atoms with Gasteiger partial charge in [-0.1, -0.05) is 24.3 Å². The molecule has 1 aliphatic rings. The zero-order valence-electron chi connectivity index (χ0n) is 22.8. The van der Waals surface area contributed by atoms with E-state index in [0.29, 0.717) is 6.61 Å². The van der Waals surface area contributed by atoms with E-state index >= 15 is 0 Å². The number of hydrogen-bond donors (Lipinski definition) is 1. The summed E-state index contributed by atoms with van der Waals surface area (Å²) in [6.45, 7) is 3.46. The molecular weight excluding hydrogens is 474 g/mol. The molecule has 0 radical (unpaired) electrons. The van der Waals surface area contributed by atoms with Crippen LogP contribution in [-0.4, -0.2) is 80.0 Å². The average molecular weight is 512 g/mol. The standard InChI is InChI=1S/C31H37N5O2/c1-35(2)15-5-17-37-25-11-13-27-24(19-25)20-29(32-27)22-7-9-23(10-8-22)31-33-28-14-12-26(21-30(28)34-31)38-18-6-16-36(3)4/h7-14,19,21H,5-6,15-18,20H2,1-4H3,(H,33,34). The van der Waals surface area contributed by atoms with Crippen LogP contribution in [0.1, 0.15) is 24.0 Å². The Morgan fingerprint density at radius 1 is 0.763 bits per heavy atom. The topological polar surface area (TPSA) is 66.0 Å². The van der Waals surface area contributed by atoms with E-state index in [9.17, 15) is 0 Å². The molecule has 0 amide bonds. The van der Waals surface area contributed by atoms with E-state index in [1.807, 2.05) is 24.3 Å². The fraction of sp³-hybridized carbons (Fsp3) is 0.355. The summed E-state index contributed by atoms with van der Waals surface area (Å²) in [5.41, 5.74) is 7.40. The fourth-order valence-corrected chi connectivity index (χ4v) is 4.61. The molecule has 0 spiro atoms. The Balaban J connectivity index is 1.21. The summed E-state index contributed by atoms with van der Waals surface area (Å²) in [7, 11) is 8.31. The molecule has 38 heavy (non-hydrogen) atoms. The Labute approximate surface area is 225 Å². The minimum absolute atomic E-state index is 0.699. The molecule has 198 valence electrons. The monoisotopic (exact) mass is 511 g/mol. The lowest BCUT2D eigenvalue weighted by Gasteiger charge is -2.11. The summed E-state index contributed by atoms with van der Waals surface area (Å²) in [4.78, 5) is 17.5. The van der Waals surface area contributed by atoms with E-state index < -0.39 is 0 Å². The van der Waals surface area contributed by atoms with Crippen LogP contribution in [0.3, 0.4) is 0 Å². The number of fused-ring (bicyclic) bond motifs is 2. The van der Waals surface area contributed by atoms with Gasteiger partial charge in [-0.25, -0.2) is 4.98 Å². The molecule has 0 fully saturated rings. The molecule has 2 heterocycles. The van der Waals surface area contributed by atoms with Crippen LogP contribution in [0, 0.1) is 0 Å². The third-order valence-electron chi connectivity index (χ3n) is 6.65. The number of imidazole rings is 1. The van der Waals surface area contributed by atoms with Crippen molar-refractivity contribution in [1.29, 1.82) is 0 Å². The van der Waals surface area contributed by atoms with Crippen LogP contribution in [0.5, 0.6) is 11.5 Å². The highest BCUT2D eigenvalue weighted by Crippen LogP contribution is 2.32. The van der Waals surface area contributed by atoms with Gasteiger partial charge in [0.05, 0.1) is 35.6 Å². The van der Waals surface area contributed by atoms with Crippen LogP contribution < -0.4 is 9.47 Å². The van der Waals surface area contributed by atoms with Crippen molar-refractivity contribution in [3.63, 3.8) is 0 Å². The number of ether oxygens (including phenoxy) is 2. The molecule has 0 aliphatic carbocycles. The molecule has 0 atom stereocenters. The number of H-pyrrole nitrogens is 1. The minimum Gasteiger partial charge on any atom is -0.494 e. The maximum absolute atomic E-state index is 5.95. The molecule has 1 N–H and O–H groups in total. The number of nitrogens with one attached hydrogen (secondary N) is 1. The van der Waals surface area contributed by atoms with Crippen LogP contribution in [0.15, 0.2) is 65.7 Å². The van der Waals surface area contributed by atoms with Crippen LogP contribution in [0.25, 0.3) is 22.4 Å². The van der Waals surface area contributed by atoms with Gasteiger partial charge in [0.2, 0.25) is 0 Å². The largest absolute Gasteiger partial charge is 0.494 e. The second-order valence-electron chi connectivity index (χ2n) is 10.4.